The smallest absolute Gasteiger partial charge is 0.308 e. The zero-order valence-electron chi connectivity index (χ0n) is 70.8. The molecule has 64 rings (SSSR count). The van der Waals surface area contributed by atoms with Gasteiger partial charge in [-0.15, -0.1) is 0 Å². The minimum Gasteiger partial charge on any atom is -0.308 e. The lowest BCUT2D eigenvalue weighted by Gasteiger charge is -2.66. The molecule has 8 heteroatoms. The van der Waals surface area contributed by atoms with E-state index in [2.05, 4.69) is 27.7 Å². The van der Waals surface area contributed by atoms with Gasteiger partial charge in [0.05, 0.1) is 37.3 Å². The fraction of sp³-hybridized carbons (Fsp3) is 0.101. The third-order valence-corrected chi connectivity index (χ3v) is 56.2. The van der Waals surface area contributed by atoms with Crippen molar-refractivity contribution in [3.8, 4) is 0 Å². The van der Waals surface area contributed by atoms with Gasteiger partial charge in [0.15, 0.2) is 0 Å². The Hall–Kier alpha value is -14.8. The lowest BCUT2D eigenvalue weighted by molar-refractivity contribution is 0.124. The Morgan fingerprint density at radius 2 is 0.226 bits per heavy atom. The molecule has 8 aliphatic carbocycles. The van der Waals surface area contributed by atoms with Crippen molar-refractivity contribution in [1.82, 2.24) is 0 Å². The predicted octanol–water partition coefficient (Wildman–Crippen LogP) is 36.5. The van der Waals surface area contributed by atoms with Crippen LogP contribution in [0.1, 0.15) is 84.0 Å². The molecule has 0 aliphatic heterocycles. The molecule has 0 atom stereocenters. The number of hydrogen-bond acceptors (Lipinski definition) is 6. The molecule has 584 valence electrons. The van der Waals surface area contributed by atoms with Crippen molar-refractivity contribution < 1.29 is 27.2 Å². The van der Waals surface area contributed by atoms with E-state index in [-0.39, 0.29) is 26.4 Å². The quantitative estimate of drug-likeness (QED) is 0.0897. The van der Waals surface area contributed by atoms with Crippen LogP contribution in [-0.4, -0.2) is 31.3 Å². The van der Waals surface area contributed by atoms with Crippen molar-refractivity contribution in [2.75, 3.05) is 26.4 Å². The van der Waals surface area contributed by atoms with Crippen LogP contribution in [0.5, 0.6) is 0 Å². The zero-order valence-corrected chi connectivity index (χ0v) is 72.6. The second kappa shape index (κ2) is 12.3. The van der Waals surface area contributed by atoms with E-state index in [1.165, 1.54) is 497 Å². The first kappa shape index (κ1) is 53.5. The van der Waals surface area contributed by atoms with Gasteiger partial charge in [-0.05, 0) is 654 Å². The van der Waals surface area contributed by atoms with Crippen LogP contribution in [0.25, 0.3) is 582 Å². The Bertz CT molecular complexity index is 14800. The van der Waals surface area contributed by atoms with Gasteiger partial charge in [-0.3, -0.25) is 9.13 Å². The minimum absolute atomic E-state index is 0.0335. The predicted molar refractivity (Wildman–Crippen MR) is 574 cm³/mol. The first-order chi connectivity index (χ1) is 68.0. The summed E-state index contributed by atoms with van der Waals surface area (Å²) in [6.07, 6.45) is 0. The standard InChI is InChI=1S/C129H22O6P2/c1-5-132-136(130,133-6-2)129(137(131,134-7-3)135-8-4,127-121-113-101-73-57-41-17-11-9-12-18(17)42-46-38-26(12)30-22-15(9)21-29-25(11)37-45(41)69(73)85-81-53(37)49(29)65-61-33(21)34(22)62-66-50(30)54(38)82-86-70(46)74(58(42)57)102(101)114(121)106(86)110-94(82)90(66)98-78(62)77(61)97-89(65)93(81)109(105(85)113)123(127)117(97)118(98)124(110)127)128-122-115-103-75-59-43-19-13-10-14-20(19)44-48-40-28(14)32-24-16(10)23-31-27(13)39-47(43)71(75)87-83-55(39)51(31)67-63-35(23)36(24)64-68-52(32)56(40)84-88-72(48)76(60(44)59)104(103)116(122)108(88)112-96(84)92(68)100-80(64)79(63)99-91(67)95(83)111(107(87)115)125(128)119(99)120(100)126(112)128/h121-122H,5-8H2,1-4H3. The largest absolute Gasteiger partial charge is 0.351 e. The van der Waals surface area contributed by atoms with Crippen molar-refractivity contribution in [1.29, 1.82) is 0 Å². The molecule has 6 nitrogen and oxygen atoms in total. The maximum atomic E-state index is 22.8. The van der Waals surface area contributed by atoms with Gasteiger partial charge in [-0.1, -0.05) is 0 Å². The van der Waals surface area contributed by atoms with Crippen molar-refractivity contribution in [2.45, 2.75) is 55.3 Å². The molecule has 0 heterocycles. The molecule has 0 unspecified atom stereocenters. The highest BCUT2D eigenvalue weighted by atomic mass is 31.2. The summed E-state index contributed by atoms with van der Waals surface area (Å²) in [7, 11) is -11.1. The molecule has 0 amide bonds. The molecule has 8 aliphatic rings. The molecule has 0 radical (unpaired) electrons. The Morgan fingerprint density at radius 3 is 0.328 bits per heavy atom. The zero-order chi connectivity index (χ0) is 82.3. The van der Waals surface area contributed by atoms with Crippen LogP contribution < -0.4 is 0 Å². The lowest BCUT2D eigenvalue weighted by Crippen LogP contribution is -2.69. The highest BCUT2D eigenvalue weighted by Gasteiger charge is 2.92. The van der Waals surface area contributed by atoms with Crippen LogP contribution >= 0.6 is 15.2 Å². The summed E-state index contributed by atoms with van der Waals surface area (Å²) in [4.78, 5) is -2.42. The molecule has 0 aromatic heterocycles. The van der Waals surface area contributed by atoms with Gasteiger partial charge in [0.2, 0.25) is 4.90 Å². The van der Waals surface area contributed by atoms with E-state index in [0.29, 0.717) is 0 Å². The van der Waals surface area contributed by atoms with Crippen molar-refractivity contribution in [3.63, 3.8) is 0 Å². The van der Waals surface area contributed by atoms with Gasteiger partial charge >= 0.3 is 15.2 Å². The van der Waals surface area contributed by atoms with Crippen LogP contribution in [0, 0.1) is 0 Å². The fourth-order valence-electron chi connectivity index (χ4n) is 49.9. The van der Waals surface area contributed by atoms with Gasteiger partial charge in [0.1, 0.15) is 0 Å². The third-order valence-electron chi connectivity index (χ3n) is 49.3. The van der Waals surface area contributed by atoms with Crippen LogP contribution in [-0.2, 0) is 38.1 Å². The van der Waals surface area contributed by atoms with E-state index in [4.69, 9.17) is 18.1 Å². The van der Waals surface area contributed by atoms with Crippen LogP contribution in [0.3, 0.4) is 0 Å². The molecule has 56 aromatic rings. The fourth-order valence-corrected chi connectivity index (χ4v) is 57.2. The Balaban J connectivity index is 0.752. The van der Waals surface area contributed by atoms with Crippen LogP contribution in [0.4, 0.5) is 0 Å². The molecule has 0 bridgehead atoms. The second-order valence-electron chi connectivity index (χ2n) is 49.5. The van der Waals surface area contributed by atoms with E-state index in [1.54, 1.807) is 129 Å². The van der Waals surface area contributed by atoms with Gasteiger partial charge in [0, 0.05) is 11.8 Å². The van der Waals surface area contributed by atoms with Crippen LogP contribution in [0.2, 0.25) is 0 Å². The van der Waals surface area contributed by atoms with Crippen LogP contribution in [0.15, 0.2) is 0 Å². The van der Waals surface area contributed by atoms with Gasteiger partial charge in [0.25, 0.3) is 0 Å². The number of rotatable bonds is 12. The second-order valence-corrected chi connectivity index (χ2v) is 54.2. The molecule has 137 heavy (non-hydrogen) atoms. The Labute approximate surface area is 744 Å². The van der Waals surface area contributed by atoms with Crippen molar-refractivity contribution >= 4 is 597 Å². The van der Waals surface area contributed by atoms with E-state index >= 15 is 9.13 Å². The average molecular weight is 1730 g/mol. The lowest BCUT2D eigenvalue weighted by atomic mass is 9.46. The van der Waals surface area contributed by atoms with Gasteiger partial charge < -0.3 is 18.1 Å². The molecular formula is C129H22O6P2. The molecule has 56 aromatic carbocycles. The van der Waals surface area contributed by atoms with E-state index in [9.17, 15) is 0 Å². The number of hydrogen-bond donors (Lipinski definition) is 0. The molecular weight excluding hydrogens is 1710 g/mol. The van der Waals surface area contributed by atoms with E-state index < -0.39 is 42.8 Å². The Morgan fingerprint density at radius 1 is 0.146 bits per heavy atom. The summed E-state index contributed by atoms with van der Waals surface area (Å²) < 4.78 is 80.7. The SMILES string of the molecule is CCOP(=O)(OCC)C(C12c3c4c5c6c7c8c(c9c%10c1c1c3c3c%11c4c4c5c5c7c7c%12c8c8c9c9c%10c%10c1c1c3c3c%11c%11c4c4c5c7c5c7c%12c8c8c9c9c%10c1c1c3c3c%11c4c5c4c7c8c9c1c34)C62)(C12c3c4c5c6c7c8c(c9c%10c1c1c3c3c%11c4c4c5c5c7c7c%12c8c8c9c9c%10c%10c1c1c3c3c%11c%11c4c4c5c7c5c7c%12c8c8c9c9c%10c1c1c3c3c%11c4c5c4c7c8c9c1c34)C62)P(=O)(OCC)OCC. The van der Waals surface area contributed by atoms with E-state index in [0.717, 1.165) is 0 Å². The molecule has 0 saturated carbocycles. The van der Waals surface area contributed by atoms with Gasteiger partial charge in [-0.25, -0.2) is 0 Å². The summed E-state index contributed by atoms with van der Waals surface area (Å²) >= 11 is 0. The summed E-state index contributed by atoms with van der Waals surface area (Å²) in [5.41, 5.74) is 7.31. The maximum Gasteiger partial charge on any atom is 0.351 e. The number of benzene rings is 36. The maximum absolute atomic E-state index is 22.8. The minimum atomic E-state index is -5.55. The molecule has 0 spiro atoms. The summed E-state index contributed by atoms with van der Waals surface area (Å²) in [5.74, 6) is -1.28. The van der Waals surface area contributed by atoms with E-state index in [1.807, 2.05) is 0 Å². The summed E-state index contributed by atoms with van der Waals surface area (Å²) in [6.45, 7) is 8.69. The van der Waals surface area contributed by atoms with Crippen molar-refractivity contribution in [2.24, 2.45) is 0 Å². The Kier molecular flexibility index (Phi) is 4.81. The highest BCUT2D eigenvalue weighted by Crippen LogP contribution is 3.01. The normalized spacial score (nSPS) is 21.5. The average Bonchev–Trinajstić information content (AvgIpc) is 1.38. The first-order valence-electron chi connectivity index (χ1n) is 51.3. The first-order valence-corrected chi connectivity index (χ1v) is 54.3. The monoisotopic (exact) mass is 1730 g/mol. The van der Waals surface area contributed by atoms with Gasteiger partial charge in [-0.2, -0.15) is 0 Å². The van der Waals surface area contributed by atoms with Crippen molar-refractivity contribution in [3.05, 3.63) is 44.5 Å². The summed E-state index contributed by atoms with van der Waals surface area (Å²) in [6, 6.07) is 0. The highest BCUT2D eigenvalue weighted by molar-refractivity contribution is 7.75. The topological polar surface area (TPSA) is 71.1 Å². The molecule has 0 N–H and O–H groups in total. The molecule has 0 fully saturated rings. The summed E-state index contributed by atoms with van der Waals surface area (Å²) in [5, 5.41) is 161. The third kappa shape index (κ3) is 2.91. The molecule has 0 saturated heterocycles.